The van der Waals surface area contributed by atoms with Crippen molar-refractivity contribution in [3.05, 3.63) is 112 Å². The topological polar surface area (TPSA) is 136 Å². The van der Waals surface area contributed by atoms with E-state index in [9.17, 15) is 29.4 Å². The fourth-order valence-corrected chi connectivity index (χ4v) is 4.37. The molecule has 0 saturated carbocycles. The molecule has 0 unspecified atom stereocenters. The summed E-state index contributed by atoms with van der Waals surface area (Å²) in [5, 5.41) is 24.7. The lowest BCUT2D eigenvalue weighted by Crippen LogP contribution is -2.29. The molecule has 39 heavy (non-hydrogen) atoms. The molecular weight excluding hydrogens is 498 g/mol. The summed E-state index contributed by atoms with van der Waals surface area (Å²) in [6, 6.07) is 19.4. The Labute approximate surface area is 223 Å². The molecule has 0 aliphatic carbocycles. The number of benzene rings is 4. The van der Waals surface area contributed by atoms with E-state index in [4.69, 9.17) is 0 Å². The molecular formula is C30H23N3O6. The Morgan fingerprint density at radius 1 is 0.641 bits per heavy atom. The van der Waals surface area contributed by atoms with Gasteiger partial charge in [-0.15, -0.1) is 0 Å². The summed E-state index contributed by atoms with van der Waals surface area (Å²) in [7, 11) is 0. The maximum atomic E-state index is 13.3. The van der Waals surface area contributed by atoms with Gasteiger partial charge < -0.3 is 20.8 Å². The Morgan fingerprint density at radius 3 is 1.74 bits per heavy atom. The lowest BCUT2D eigenvalue weighted by Gasteiger charge is -2.15. The van der Waals surface area contributed by atoms with Crippen molar-refractivity contribution in [1.29, 1.82) is 0 Å². The Kier molecular flexibility index (Phi) is 6.33. The van der Waals surface area contributed by atoms with Gasteiger partial charge in [-0.25, -0.2) is 4.90 Å². The number of nitrogens with one attached hydrogen (secondary N) is 2. The van der Waals surface area contributed by atoms with Crippen LogP contribution in [0.3, 0.4) is 0 Å². The van der Waals surface area contributed by atoms with Crippen LogP contribution in [0.15, 0.2) is 78.9 Å². The summed E-state index contributed by atoms with van der Waals surface area (Å²) in [4.78, 5) is 53.2. The van der Waals surface area contributed by atoms with Crippen molar-refractivity contribution in [2.45, 2.75) is 13.8 Å². The number of carbonyl (C=O) groups is 4. The van der Waals surface area contributed by atoms with Gasteiger partial charge in [0.15, 0.2) is 0 Å². The highest BCUT2D eigenvalue weighted by Gasteiger charge is 2.37. The van der Waals surface area contributed by atoms with E-state index in [0.717, 1.165) is 4.90 Å². The SMILES string of the molecule is Cc1cc(O)ccc1NC(=O)c1cccc(N2C(=O)c3ccc(C(=O)Nc4ccc(O)cc4C)cc3C2=O)c1. The first-order valence-corrected chi connectivity index (χ1v) is 12.0. The fraction of sp³-hybridized carbons (Fsp3) is 0.0667. The van der Waals surface area contributed by atoms with E-state index in [0.29, 0.717) is 22.5 Å². The van der Waals surface area contributed by atoms with Crippen molar-refractivity contribution in [2.24, 2.45) is 0 Å². The third kappa shape index (κ3) is 4.80. The van der Waals surface area contributed by atoms with Crippen LogP contribution in [0.2, 0.25) is 0 Å². The number of anilines is 3. The minimum Gasteiger partial charge on any atom is -0.508 e. The van der Waals surface area contributed by atoms with Crippen molar-refractivity contribution in [2.75, 3.05) is 15.5 Å². The minimum absolute atomic E-state index is 0.0734. The summed E-state index contributed by atoms with van der Waals surface area (Å²) in [5.41, 5.74) is 3.17. The van der Waals surface area contributed by atoms with Crippen LogP contribution >= 0.6 is 0 Å². The van der Waals surface area contributed by atoms with Crippen LogP contribution in [0.25, 0.3) is 0 Å². The van der Waals surface area contributed by atoms with Gasteiger partial charge in [0.2, 0.25) is 0 Å². The fourth-order valence-electron chi connectivity index (χ4n) is 4.37. The van der Waals surface area contributed by atoms with E-state index in [1.165, 1.54) is 48.5 Å². The largest absolute Gasteiger partial charge is 0.508 e. The molecule has 1 aliphatic rings. The lowest BCUT2D eigenvalue weighted by molar-refractivity contribution is 0.0923. The van der Waals surface area contributed by atoms with Gasteiger partial charge in [0, 0.05) is 22.5 Å². The second kappa shape index (κ2) is 9.79. The van der Waals surface area contributed by atoms with E-state index in [-0.39, 0.29) is 39.4 Å². The highest BCUT2D eigenvalue weighted by Crippen LogP contribution is 2.31. The van der Waals surface area contributed by atoms with Crippen LogP contribution in [0.5, 0.6) is 11.5 Å². The second-order valence-corrected chi connectivity index (χ2v) is 9.16. The molecule has 4 aromatic carbocycles. The number of aryl methyl sites for hydroxylation is 2. The van der Waals surface area contributed by atoms with Crippen molar-refractivity contribution in [3.63, 3.8) is 0 Å². The molecule has 4 aromatic rings. The number of amides is 4. The van der Waals surface area contributed by atoms with E-state index in [2.05, 4.69) is 10.6 Å². The van der Waals surface area contributed by atoms with E-state index < -0.39 is 23.6 Å². The van der Waals surface area contributed by atoms with Crippen LogP contribution in [-0.4, -0.2) is 33.8 Å². The number of nitrogens with zero attached hydrogens (tertiary/aromatic N) is 1. The van der Waals surface area contributed by atoms with Gasteiger partial charge in [-0.05, 0) is 97.8 Å². The molecule has 194 valence electrons. The molecule has 9 nitrogen and oxygen atoms in total. The molecule has 5 rings (SSSR count). The van der Waals surface area contributed by atoms with Crippen LogP contribution in [-0.2, 0) is 0 Å². The zero-order valence-electron chi connectivity index (χ0n) is 21.0. The Bertz CT molecular complexity index is 1690. The number of phenolic OH excluding ortho intramolecular Hbond substituents is 2. The lowest BCUT2D eigenvalue weighted by atomic mass is 10.0. The maximum absolute atomic E-state index is 13.3. The summed E-state index contributed by atoms with van der Waals surface area (Å²) in [6.45, 7) is 3.48. The standard InChI is InChI=1S/C30H23N3O6/c1-16-12-21(34)7-10-25(16)31-27(36)18-4-3-5-20(14-18)33-29(38)23-9-6-19(15-24(23)30(33)39)28(37)32-26-11-8-22(35)13-17(26)2/h3-15,34-35H,1-2H3,(H,31,36)(H,32,37). The highest BCUT2D eigenvalue weighted by atomic mass is 16.3. The Hall–Kier alpha value is -5.44. The molecule has 0 aromatic heterocycles. The predicted octanol–water partition coefficient (Wildman–Crippen LogP) is 5.02. The number of imide groups is 1. The van der Waals surface area contributed by atoms with Gasteiger partial charge in [0.25, 0.3) is 23.6 Å². The minimum atomic E-state index is -0.614. The zero-order chi connectivity index (χ0) is 27.8. The van der Waals surface area contributed by atoms with Crippen molar-refractivity contribution in [3.8, 4) is 11.5 Å². The first kappa shape index (κ1) is 25.2. The molecule has 0 bridgehead atoms. The van der Waals surface area contributed by atoms with Gasteiger partial charge in [-0.2, -0.15) is 0 Å². The third-order valence-corrected chi connectivity index (χ3v) is 6.43. The molecule has 0 radical (unpaired) electrons. The summed E-state index contributed by atoms with van der Waals surface area (Å²) in [5.74, 6) is -1.96. The Morgan fingerprint density at radius 2 is 1.18 bits per heavy atom. The molecule has 4 amide bonds. The first-order chi connectivity index (χ1) is 18.6. The maximum Gasteiger partial charge on any atom is 0.266 e. The molecule has 9 heteroatoms. The molecule has 1 heterocycles. The number of carbonyl (C=O) groups excluding carboxylic acids is 4. The average Bonchev–Trinajstić information content (AvgIpc) is 3.16. The quantitative estimate of drug-likeness (QED) is 0.215. The first-order valence-electron chi connectivity index (χ1n) is 12.0. The summed E-state index contributed by atoms with van der Waals surface area (Å²) in [6.07, 6.45) is 0. The van der Waals surface area contributed by atoms with Crippen LogP contribution in [0, 0.1) is 13.8 Å². The zero-order valence-corrected chi connectivity index (χ0v) is 21.0. The third-order valence-electron chi connectivity index (χ3n) is 6.43. The normalized spacial score (nSPS) is 12.3. The molecule has 0 fully saturated rings. The highest BCUT2D eigenvalue weighted by molar-refractivity contribution is 6.35. The number of hydrogen-bond donors (Lipinski definition) is 4. The number of hydrogen-bond acceptors (Lipinski definition) is 6. The van der Waals surface area contributed by atoms with Crippen molar-refractivity contribution < 1.29 is 29.4 Å². The van der Waals surface area contributed by atoms with Crippen molar-refractivity contribution in [1.82, 2.24) is 0 Å². The predicted molar refractivity (Wildman–Crippen MR) is 146 cm³/mol. The van der Waals surface area contributed by atoms with Gasteiger partial charge in [0.05, 0.1) is 16.8 Å². The van der Waals surface area contributed by atoms with Gasteiger partial charge >= 0.3 is 0 Å². The second-order valence-electron chi connectivity index (χ2n) is 9.16. The van der Waals surface area contributed by atoms with Gasteiger partial charge in [-0.1, -0.05) is 6.07 Å². The molecule has 1 aliphatic heterocycles. The van der Waals surface area contributed by atoms with E-state index in [1.807, 2.05) is 0 Å². The number of aromatic hydroxyl groups is 2. The summed E-state index contributed by atoms with van der Waals surface area (Å²) < 4.78 is 0. The molecule has 0 saturated heterocycles. The van der Waals surface area contributed by atoms with E-state index in [1.54, 1.807) is 44.2 Å². The van der Waals surface area contributed by atoms with Crippen molar-refractivity contribution >= 4 is 40.7 Å². The average molecular weight is 522 g/mol. The summed E-state index contributed by atoms with van der Waals surface area (Å²) >= 11 is 0. The number of fused-ring (bicyclic) bond motifs is 1. The van der Waals surface area contributed by atoms with Crippen LogP contribution in [0.1, 0.15) is 52.6 Å². The molecule has 4 N–H and O–H groups in total. The van der Waals surface area contributed by atoms with Gasteiger partial charge in [-0.3, -0.25) is 19.2 Å². The van der Waals surface area contributed by atoms with Gasteiger partial charge in [0.1, 0.15) is 11.5 Å². The molecule has 0 spiro atoms. The van der Waals surface area contributed by atoms with Crippen LogP contribution in [0.4, 0.5) is 17.1 Å². The number of rotatable bonds is 5. The smallest absolute Gasteiger partial charge is 0.266 e. The Balaban J connectivity index is 1.38. The van der Waals surface area contributed by atoms with E-state index >= 15 is 0 Å². The number of phenols is 2. The monoisotopic (exact) mass is 521 g/mol. The molecule has 0 atom stereocenters. The van der Waals surface area contributed by atoms with Crippen LogP contribution < -0.4 is 15.5 Å².